The van der Waals surface area contributed by atoms with Crippen molar-refractivity contribution >= 4 is 17.6 Å². The van der Waals surface area contributed by atoms with E-state index in [0.717, 1.165) is 56.8 Å². The number of nitrogens with two attached hydrogens (primary N) is 1. The van der Waals surface area contributed by atoms with Crippen LogP contribution in [0.15, 0.2) is 29.3 Å². The number of nitrogens with zero attached hydrogens (tertiary/aromatic N) is 2. The van der Waals surface area contributed by atoms with E-state index in [4.69, 9.17) is 10.5 Å². The Morgan fingerprint density at radius 3 is 2.83 bits per heavy atom. The Morgan fingerprint density at radius 1 is 1.33 bits per heavy atom. The normalized spacial score (nSPS) is 15.6. The third-order valence-electron chi connectivity index (χ3n) is 3.98. The second kappa shape index (κ2) is 9.93. The number of hydrogen-bond acceptors (Lipinski definition) is 3. The highest BCUT2D eigenvalue weighted by Crippen LogP contribution is 2.21. The minimum atomic E-state index is 0.215. The fraction of sp³-hybridized carbons (Fsp3) is 0.556. The van der Waals surface area contributed by atoms with Crippen LogP contribution in [0.5, 0.6) is 0 Å². The molecular formula is C18H28N4O2. The Labute approximate surface area is 144 Å². The summed E-state index contributed by atoms with van der Waals surface area (Å²) < 4.78 is 5.26. The minimum Gasteiger partial charge on any atom is -0.382 e. The first-order valence-electron chi connectivity index (χ1n) is 8.71. The Kier molecular flexibility index (Phi) is 7.55. The number of piperidine rings is 1. The molecule has 1 amide bonds. The van der Waals surface area contributed by atoms with Gasteiger partial charge in [-0.1, -0.05) is 12.1 Å². The van der Waals surface area contributed by atoms with E-state index in [-0.39, 0.29) is 5.91 Å². The molecule has 1 heterocycles. The summed E-state index contributed by atoms with van der Waals surface area (Å²) >= 11 is 0. The molecule has 0 saturated carbocycles. The van der Waals surface area contributed by atoms with Gasteiger partial charge in [-0.2, -0.15) is 0 Å². The third-order valence-corrected chi connectivity index (χ3v) is 3.98. The molecule has 0 spiro atoms. The highest BCUT2D eigenvalue weighted by molar-refractivity contribution is 5.93. The van der Waals surface area contributed by atoms with Crippen molar-refractivity contribution in [3.05, 3.63) is 29.8 Å². The van der Waals surface area contributed by atoms with E-state index in [2.05, 4.69) is 10.3 Å². The molecule has 132 valence electrons. The largest absolute Gasteiger partial charge is 0.382 e. The zero-order chi connectivity index (χ0) is 17.2. The van der Waals surface area contributed by atoms with Gasteiger partial charge in [-0.25, -0.2) is 4.99 Å². The van der Waals surface area contributed by atoms with Crippen molar-refractivity contribution in [2.45, 2.75) is 39.2 Å². The monoisotopic (exact) mass is 332 g/mol. The first-order valence-corrected chi connectivity index (χ1v) is 8.71. The van der Waals surface area contributed by atoms with Crippen LogP contribution in [0, 0.1) is 0 Å². The van der Waals surface area contributed by atoms with Crippen molar-refractivity contribution in [2.24, 2.45) is 10.7 Å². The van der Waals surface area contributed by atoms with E-state index < -0.39 is 0 Å². The maximum Gasteiger partial charge on any atom is 0.226 e. The van der Waals surface area contributed by atoms with E-state index in [1.54, 1.807) is 0 Å². The van der Waals surface area contributed by atoms with Crippen molar-refractivity contribution < 1.29 is 9.53 Å². The zero-order valence-electron chi connectivity index (χ0n) is 14.5. The molecule has 1 aliphatic heterocycles. The van der Waals surface area contributed by atoms with Gasteiger partial charge in [-0.05, 0) is 43.9 Å². The number of nitrogens with one attached hydrogen (secondary N) is 1. The summed E-state index contributed by atoms with van der Waals surface area (Å²) in [6, 6.07) is 7.98. The molecule has 0 aromatic heterocycles. The Morgan fingerprint density at radius 2 is 2.12 bits per heavy atom. The van der Waals surface area contributed by atoms with Gasteiger partial charge in [-0.3, -0.25) is 4.79 Å². The van der Waals surface area contributed by atoms with Gasteiger partial charge in [0.15, 0.2) is 5.96 Å². The molecule has 6 heteroatoms. The van der Waals surface area contributed by atoms with Crippen LogP contribution in [-0.2, 0) is 16.1 Å². The van der Waals surface area contributed by atoms with Crippen LogP contribution in [-0.4, -0.2) is 38.2 Å². The molecule has 24 heavy (non-hydrogen) atoms. The smallest absolute Gasteiger partial charge is 0.226 e. The van der Waals surface area contributed by atoms with Crippen molar-refractivity contribution in [3.63, 3.8) is 0 Å². The highest BCUT2D eigenvalue weighted by Gasteiger charge is 2.19. The number of benzene rings is 1. The standard InChI is InChI=1S/C18H28N4O2/c1-2-24-13-5-11-20-18(19)21-14-15-7-9-16(10-8-15)22-12-4-3-6-17(22)23/h7-10H,2-6,11-14H2,1H3,(H3,19,20,21). The molecule has 1 aromatic carbocycles. The topological polar surface area (TPSA) is 80.0 Å². The lowest BCUT2D eigenvalue weighted by molar-refractivity contribution is -0.119. The van der Waals surface area contributed by atoms with Crippen LogP contribution in [0.3, 0.4) is 0 Å². The fourth-order valence-corrected chi connectivity index (χ4v) is 2.63. The lowest BCUT2D eigenvalue weighted by atomic mass is 10.1. The predicted octanol–water partition coefficient (Wildman–Crippen LogP) is 2.03. The third kappa shape index (κ3) is 5.85. The number of carbonyl (C=O) groups excluding carboxylic acids is 1. The molecule has 1 fully saturated rings. The van der Waals surface area contributed by atoms with Gasteiger partial charge in [0.1, 0.15) is 0 Å². The molecule has 0 atom stereocenters. The number of rotatable bonds is 8. The van der Waals surface area contributed by atoms with Crippen LogP contribution in [0.1, 0.15) is 38.2 Å². The minimum absolute atomic E-state index is 0.215. The number of amides is 1. The zero-order valence-corrected chi connectivity index (χ0v) is 14.5. The average molecular weight is 332 g/mol. The van der Waals surface area contributed by atoms with Gasteiger partial charge in [0.05, 0.1) is 6.54 Å². The van der Waals surface area contributed by atoms with Crippen molar-refractivity contribution in [2.75, 3.05) is 31.2 Å². The SMILES string of the molecule is CCOCCCNC(N)=NCc1ccc(N2CCCCC2=O)cc1. The lowest BCUT2D eigenvalue weighted by Gasteiger charge is -2.26. The maximum absolute atomic E-state index is 11.9. The van der Waals surface area contributed by atoms with Crippen molar-refractivity contribution in [1.82, 2.24) is 5.32 Å². The molecule has 1 aromatic rings. The van der Waals surface area contributed by atoms with Gasteiger partial charge in [-0.15, -0.1) is 0 Å². The predicted molar refractivity (Wildman–Crippen MR) is 97.1 cm³/mol. The fourth-order valence-electron chi connectivity index (χ4n) is 2.63. The highest BCUT2D eigenvalue weighted by atomic mass is 16.5. The molecule has 0 bridgehead atoms. The van der Waals surface area contributed by atoms with Crippen LogP contribution < -0.4 is 16.0 Å². The Balaban J connectivity index is 1.78. The summed E-state index contributed by atoms with van der Waals surface area (Å²) in [5.74, 6) is 0.661. The number of anilines is 1. The summed E-state index contributed by atoms with van der Waals surface area (Å²) in [6.07, 6.45) is 3.63. The number of guanidine groups is 1. The van der Waals surface area contributed by atoms with Crippen LogP contribution in [0.4, 0.5) is 5.69 Å². The molecule has 0 unspecified atom stereocenters. The second-order valence-corrected chi connectivity index (χ2v) is 5.85. The molecule has 0 radical (unpaired) electrons. The number of ether oxygens (including phenoxy) is 1. The lowest BCUT2D eigenvalue weighted by Crippen LogP contribution is -2.35. The van der Waals surface area contributed by atoms with Crippen LogP contribution >= 0.6 is 0 Å². The Hall–Kier alpha value is -2.08. The summed E-state index contributed by atoms with van der Waals surface area (Å²) in [5, 5.41) is 3.08. The van der Waals surface area contributed by atoms with E-state index in [0.29, 0.717) is 18.9 Å². The summed E-state index contributed by atoms with van der Waals surface area (Å²) in [6.45, 7) is 5.55. The van der Waals surface area contributed by atoms with Gasteiger partial charge in [0, 0.05) is 38.4 Å². The number of carbonyl (C=O) groups is 1. The molecule has 1 aliphatic rings. The second-order valence-electron chi connectivity index (χ2n) is 5.85. The van der Waals surface area contributed by atoms with E-state index in [1.807, 2.05) is 36.1 Å². The first kappa shape index (κ1) is 18.3. The van der Waals surface area contributed by atoms with Gasteiger partial charge < -0.3 is 20.7 Å². The molecule has 2 rings (SSSR count). The number of hydrogen-bond donors (Lipinski definition) is 2. The number of aliphatic imine (C=N–C) groups is 1. The quantitative estimate of drug-likeness (QED) is 0.434. The molecule has 1 saturated heterocycles. The van der Waals surface area contributed by atoms with Gasteiger partial charge >= 0.3 is 0 Å². The molecular weight excluding hydrogens is 304 g/mol. The average Bonchev–Trinajstić information content (AvgIpc) is 2.61. The van der Waals surface area contributed by atoms with E-state index in [1.165, 1.54) is 0 Å². The van der Waals surface area contributed by atoms with E-state index in [9.17, 15) is 4.79 Å². The van der Waals surface area contributed by atoms with Gasteiger partial charge in [0.25, 0.3) is 0 Å². The Bertz CT molecular complexity index is 542. The van der Waals surface area contributed by atoms with E-state index >= 15 is 0 Å². The molecule has 0 aliphatic carbocycles. The van der Waals surface area contributed by atoms with Crippen LogP contribution in [0.25, 0.3) is 0 Å². The van der Waals surface area contributed by atoms with Gasteiger partial charge in [0.2, 0.25) is 5.91 Å². The van der Waals surface area contributed by atoms with Crippen LogP contribution in [0.2, 0.25) is 0 Å². The van der Waals surface area contributed by atoms with Crippen molar-refractivity contribution in [3.8, 4) is 0 Å². The van der Waals surface area contributed by atoms with Crippen molar-refractivity contribution in [1.29, 1.82) is 0 Å². The summed E-state index contributed by atoms with van der Waals surface area (Å²) in [5.41, 5.74) is 7.89. The summed E-state index contributed by atoms with van der Waals surface area (Å²) in [7, 11) is 0. The summed E-state index contributed by atoms with van der Waals surface area (Å²) in [4.78, 5) is 18.1. The maximum atomic E-state index is 11.9. The first-order chi connectivity index (χ1) is 11.7. The molecule has 3 N–H and O–H groups in total. The molecule has 6 nitrogen and oxygen atoms in total.